The second-order valence-electron chi connectivity index (χ2n) is 8.41. The minimum Gasteiger partial charge on any atom is -0.389 e. The summed E-state index contributed by atoms with van der Waals surface area (Å²) < 4.78 is 0. The molecule has 5 heteroatoms. The Morgan fingerprint density at radius 3 is 2.25 bits per heavy atom. The molecule has 0 saturated carbocycles. The van der Waals surface area contributed by atoms with E-state index in [0.717, 1.165) is 37.7 Å². The molecule has 3 rings (SSSR count). The van der Waals surface area contributed by atoms with Crippen molar-refractivity contribution in [1.82, 2.24) is 0 Å². The highest BCUT2D eigenvalue weighted by Crippen LogP contribution is 2.24. The van der Waals surface area contributed by atoms with Crippen LogP contribution in [0.5, 0.6) is 5.75 Å². The highest BCUT2D eigenvalue weighted by Gasteiger charge is 2.10. The Labute approximate surface area is 196 Å². The molecule has 2 N–H and O–H groups in total. The van der Waals surface area contributed by atoms with Crippen LogP contribution in [0, 0.1) is 0 Å². The van der Waals surface area contributed by atoms with E-state index in [9.17, 15) is 4.79 Å². The van der Waals surface area contributed by atoms with Crippen molar-refractivity contribution in [3.63, 3.8) is 0 Å². The van der Waals surface area contributed by atoms with Crippen molar-refractivity contribution in [2.24, 2.45) is 5.73 Å². The van der Waals surface area contributed by atoms with E-state index in [4.69, 9.17) is 27.7 Å². The first-order valence-electron chi connectivity index (χ1n) is 11.6. The summed E-state index contributed by atoms with van der Waals surface area (Å²) in [6.45, 7) is 0. The molecule has 2 aromatic rings. The first-order chi connectivity index (χ1) is 15.6. The molecular weight excluding hydrogens is 418 g/mol. The number of fused-ring (bicyclic) bond motifs is 1. The fourth-order valence-corrected chi connectivity index (χ4v) is 4.14. The van der Waals surface area contributed by atoms with Gasteiger partial charge in [-0.25, -0.2) is 4.79 Å². The van der Waals surface area contributed by atoms with E-state index in [1.54, 1.807) is 29.8 Å². The molecule has 0 radical (unpaired) electrons. The van der Waals surface area contributed by atoms with Gasteiger partial charge in [0.2, 0.25) is 0 Å². The third-order valence-corrected chi connectivity index (χ3v) is 6.13. The Hall–Kier alpha value is -2.66. The van der Waals surface area contributed by atoms with Gasteiger partial charge in [-0.15, -0.1) is 0 Å². The van der Waals surface area contributed by atoms with Gasteiger partial charge in [0.05, 0.1) is 6.42 Å². The van der Waals surface area contributed by atoms with Crippen LogP contribution in [0.2, 0.25) is 0 Å². The van der Waals surface area contributed by atoms with Gasteiger partial charge in [-0.3, -0.25) is 9.78 Å². The van der Waals surface area contributed by atoms with Crippen molar-refractivity contribution < 1.29 is 14.6 Å². The summed E-state index contributed by atoms with van der Waals surface area (Å²) in [6, 6.07) is 15.6. The molecule has 4 nitrogen and oxygen atoms in total. The summed E-state index contributed by atoms with van der Waals surface area (Å²) in [4.78, 5) is 22.0. The molecule has 1 aliphatic rings. The topological polar surface area (TPSA) is 61.6 Å². The van der Waals surface area contributed by atoms with Gasteiger partial charge < -0.3 is 5.73 Å². The number of hydrogen-bond acceptors (Lipinski definition) is 4. The number of benzene rings is 2. The number of rotatable bonds is 13. The van der Waals surface area contributed by atoms with E-state index >= 15 is 0 Å². The van der Waals surface area contributed by atoms with Gasteiger partial charge in [-0.2, -0.15) is 0 Å². The average molecular weight is 452 g/mol. The standard InChI is InChI=1S/C27H33NO3S/c28-27(32)23-16-18-25(19-17-23)30-31-26(29)13-7-5-3-1-2-4-6-10-21-14-15-22-11-8-9-12-24(22)20-21/h8-9,11-12,14,16-19H,1-7,10,13,15,20H2,(H2,28,32). The predicted molar refractivity (Wildman–Crippen MR) is 133 cm³/mol. The number of carbonyl (C=O) groups excluding carboxylic acids is 1. The number of hydrogen-bond donors (Lipinski definition) is 1. The van der Waals surface area contributed by atoms with Gasteiger partial charge in [0.1, 0.15) is 4.99 Å². The van der Waals surface area contributed by atoms with Crippen molar-refractivity contribution in [3.05, 3.63) is 76.9 Å². The van der Waals surface area contributed by atoms with Gasteiger partial charge in [0, 0.05) is 5.56 Å². The maximum Gasteiger partial charge on any atom is 0.355 e. The summed E-state index contributed by atoms with van der Waals surface area (Å²) in [6.07, 6.45) is 14.3. The van der Waals surface area contributed by atoms with E-state index in [1.165, 1.54) is 43.2 Å². The summed E-state index contributed by atoms with van der Waals surface area (Å²) in [5.74, 6) is 0.109. The normalized spacial score (nSPS) is 12.6. The van der Waals surface area contributed by atoms with Gasteiger partial charge in [0.15, 0.2) is 5.75 Å². The molecule has 0 bridgehead atoms. The molecule has 0 saturated heterocycles. The van der Waals surface area contributed by atoms with E-state index in [0.29, 0.717) is 17.2 Å². The first kappa shape index (κ1) is 24.0. The molecule has 0 amide bonds. The molecule has 0 fully saturated rings. The largest absolute Gasteiger partial charge is 0.389 e. The number of carbonyl (C=O) groups is 1. The highest BCUT2D eigenvalue weighted by atomic mass is 32.1. The van der Waals surface area contributed by atoms with Crippen molar-refractivity contribution >= 4 is 23.2 Å². The lowest BCUT2D eigenvalue weighted by atomic mass is 9.89. The average Bonchev–Trinajstić information content (AvgIpc) is 2.81. The van der Waals surface area contributed by atoms with E-state index < -0.39 is 0 Å². The van der Waals surface area contributed by atoms with E-state index in [1.807, 2.05) is 0 Å². The van der Waals surface area contributed by atoms with Gasteiger partial charge in [-0.1, -0.05) is 80.2 Å². The lowest BCUT2D eigenvalue weighted by molar-refractivity contribution is -0.213. The smallest absolute Gasteiger partial charge is 0.355 e. The van der Waals surface area contributed by atoms with E-state index in [-0.39, 0.29) is 5.97 Å². The van der Waals surface area contributed by atoms with Crippen LogP contribution >= 0.6 is 12.2 Å². The summed E-state index contributed by atoms with van der Waals surface area (Å²) in [5.41, 5.74) is 10.9. The first-order valence-corrected chi connectivity index (χ1v) is 12.0. The fourth-order valence-electron chi connectivity index (χ4n) is 4.01. The number of allylic oxidation sites excluding steroid dienone is 2. The molecular formula is C27H33NO3S. The molecule has 0 spiro atoms. The summed E-state index contributed by atoms with van der Waals surface area (Å²) in [5, 5.41) is 0. The van der Waals surface area contributed by atoms with Crippen molar-refractivity contribution in [2.45, 2.75) is 70.6 Å². The van der Waals surface area contributed by atoms with Gasteiger partial charge >= 0.3 is 5.97 Å². The molecule has 2 aromatic carbocycles. The molecule has 1 aliphatic carbocycles. The van der Waals surface area contributed by atoms with Crippen molar-refractivity contribution in [1.29, 1.82) is 0 Å². The highest BCUT2D eigenvalue weighted by molar-refractivity contribution is 7.80. The van der Waals surface area contributed by atoms with Crippen LogP contribution < -0.4 is 10.6 Å². The van der Waals surface area contributed by atoms with Crippen LogP contribution in [-0.4, -0.2) is 11.0 Å². The maximum atomic E-state index is 11.8. The number of thiocarbonyl (C=S) groups is 1. The lowest BCUT2D eigenvalue weighted by Crippen LogP contribution is -2.10. The number of unbranched alkanes of at least 4 members (excludes halogenated alkanes) is 6. The Morgan fingerprint density at radius 2 is 1.53 bits per heavy atom. The van der Waals surface area contributed by atoms with Crippen LogP contribution in [0.25, 0.3) is 0 Å². The molecule has 0 heterocycles. The third-order valence-electron chi connectivity index (χ3n) is 5.90. The SMILES string of the molecule is NC(=S)c1ccc(OOC(=O)CCCCCCCCCC2=CCc3ccccc3C2)cc1. The summed E-state index contributed by atoms with van der Waals surface area (Å²) >= 11 is 4.90. The Balaban J connectivity index is 1.16. The third kappa shape index (κ3) is 8.12. The summed E-state index contributed by atoms with van der Waals surface area (Å²) in [7, 11) is 0. The van der Waals surface area contributed by atoms with Crippen LogP contribution in [0.15, 0.2) is 60.2 Å². The van der Waals surface area contributed by atoms with Crippen LogP contribution in [0.4, 0.5) is 0 Å². The van der Waals surface area contributed by atoms with Crippen LogP contribution in [-0.2, 0) is 22.5 Å². The molecule has 0 unspecified atom stereocenters. The van der Waals surface area contributed by atoms with E-state index in [2.05, 4.69) is 30.3 Å². The lowest BCUT2D eigenvalue weighted by Gasteiger charge is -2.16. The number of nitrogens with two attached hydrogens (primary N) is 1. The minimum atomic E-state index is -0.342. The second kappa shape index (κ2) is 13.0. The van der Waals surface area contributed by atoms with Gasteiger partial charge in [0.25, 0.3) is 0 Å². The minimum absolute atomic E-state index is 0.321. The monoisotopic (exact) mass is 451 g/mol. The zero-order valence-electron chi connectivity index (χ0n) is 18.7. The molecule has 0 aliphatic heterocycles. The van der Waals surface area contributed by atoms with Crippen molar-refractivity contribution in [2.75, 3.05) is 0 Å². The Kier molecular flexibility index (Phi) is 9.76. The predicted octanol–water partition coefficient (Wildman–Crippen LogP) is 6.39. The van der Waals surface area contributed by atoms with Crippen molar-refractivity contribution in [3.8, 4) is 5.75 Å². The fraction of sp³-hybridized carbons (Fsp3) is 0.407. The van der Waals surface area contributed by atoms with Crippen LogP contribution in [0.3, 0.4) is 0 Å². The molecule has 170 valence electrons. The zero-order chi connectivity index (χ0) is 22.6. The molecule has 0 aromatic heterocycles. The second-order valence-corrected chi connectivity index (χ2v) is 8.85. The Morgan fingerprint density at radius 1 is 0.875 bits per heavy atom. The zero-order valence-corrected chi connectivity index (χ0v) is 19.5. The Bertz CT molecular complexity index is 921. The van der Waals surface area contributed by atoms with Crippen LogP contribution in [0.1, 0.15) is 74.5 Å². The van der Waals surface area contributed by atoms with Gasteiger partial charge in [-0.05, 0) is 67.5 Å². The molecule has 32 heavy (non-hydrogen) atoms. The molecule has 0 atom stereocenters. The maximum absolute atomic E-state index is 11.8. The quantitative estimate of drug-likeness (QED) is 0.126.